The Morgan fingerprint density at radius 2 is 2.06 bits per heavy atom. The van der Waals surface area contributed by atoms with Crippen molar-refractivity contribution in [3.05, 3.63) is 39.7 Å². The first-order valence-electron chi connectivity index (χ1n) is 5.38. The first-order chi connectivity index (χ1) is 7.58. The highest BCUT2D eigenvalue weighted by Crippen LogP contribution is 2.29. The van der Waals surface area contributed by atoms with Gasteiger partial charge in [-0.05, 0) is 26.8 Å². The van der Waals surface area contributed by atoms with E-state index in [9.17, 15) is 0 Å². The van der Waals surface area contributed by atoms with Gasteiger partial charge >= 0.3 is 0 Å². The molecule has 3 heteroatoms. The van der Waals surface area contributed by atoms with Gasteiger partial charge in [-0.1, -0.05) is 23.8 Å². The quantitative estimate of drug-likeness (QED) is 0.861. The van der Waals surface area contributed by atoms with Crippen LogP contribution in [0.15, 0.2) is 24.3 Å². The summed E-state index contributed by atoms with van der Waals surface area (Å²) in [6, 6.07) is 8.43. The van der Waals surface area contributed by atoms with Gasteiger partial charge in [0.05, 0.1) is 11.7 Å². The van der Waals surface area contributed by atoms with Crippen LogP contribution < -0.4 is 5.73 Å². The Hall–Kier alpha value is -1.19. The van der Waals surface area contributed by atoms with Crippen LogP contribution in [0.5, 0.6) is 0 Å². The summed E-state index contributed by atoms with van der Waals surface area (Å²) in [6.07, 6.45) is 0. The Morgan fingerprint density at radius 1 is 1.31 bits per heavy atom. The van der Waals surface area contributed by atoms with Gasteiger partial charge in [0, 0.05) is 10.4 Å². The summed E-state index contributed by atoms with van der Waals surface area (Å²) in [4.78, 5) is 5.85. The summed E-state index contributed by atoms with van der Waals surface area (Å²) in [5.41, 5.74) is 9.36. The lowest BCUT2D eigenvalue weighted by Gasteiger charge is -2.00. The fraction of sp³-hybridized carbons (Fsp3) is 0.308. The van der Waals surface area contributed by atoms with Gasteiger partial charge in [0.25, 0.3) is 0 Å². The number of aromatic nitrogens is 1. The van der Waals surface area contributed by atoms with Crippen LogP contribution in [0.3, 0.4) is 0 Å². The van der Waals surface area contributed by atoms with Crippen LogP contribution in [0.2, 0.25) is 0 Å². The maximum absolute atomic E-state index is 5.85. The standard InChI is InChI=1S/C13H16N2S/c1-8-5-4-6-11(7-8)12-10(3)16-13(15-12)9(2)14/h4-7,9H,14H2,1-3H3. The van der Waals surface area contributed by atoms with Crippen molar-refractivity contribution >= 4 is 11.3 Å². The normalized spacial score (nSPS) is 12.8. The second-order valence-electron chi connectivity index (χ2n) is 4.12. The molecule has 0 fully saturated rings. The van der Waals surface area contributed by atoms with E-state index >= 15 is 0 Å². The largest absolute Gasteiger partial charge is 0.322 e. The van der Waals surface area contributed by atoms with Crippen LogP contribution in [-0.2, 0) is 0 Å². The smallest absolute Gasteiger partial charge is 0.110 e. The number of thiazole rings is 1. The van der Waals surface area contributed by atoms with Crippen LogP contribution in [0, 0.1) is 13.8 Å². The van der Waals surface area contributed by atoms with Crippen LogP contribution in [0.25, 0.3) is 11.3 Å². The van der Waals surface area contributed by atoms with E-state index in [0.717, 1.165) is 10.7 Å². The molecule has 0 radical (unpaired) electrons. The molecule has 1 heterocycles. The average molecular weight is 232 g/mol. The van der Waals surface area contributed by atoms with E-state index in [4.69, 9.17) is 5.73 Å². The van der Waals surface area contributed by atoms with Crippen molar-refractivity contribution in [2.45, 2.75) is 26.8 Å². The molecule has 1 aromatic heterocycles. The first kappa shape index (κ1) is 11.3. The predicted octanol–water partition coefficient (Wildman–Crippen LogP) is 3.45. The fourth-order valence-corrected chi connectivity index (χ4v) is 2.57. The molecular weight excluding hydrogens is 216 g/mol. The third-order valence-corrected chi connectivity index (χ3v) is 3.67. The highest BCUT2D eigenvalue weighted by molar-refractivity contribution is 7.12. The predicted molar refractivity (Wildman–Crippen MR) is 69.6 cm³/mol. The summed E-state index contributed by atoms with van der Waals surface area (Å²) >= 11 is 1.69. The molecule has 2 N–H and O–H groups in total. The molecule has 84 valence electrons. The van der Waals surface area contributed by atoms with Gasteiger partial charge in [-0.3, -0.25) is 0 Å². The van der Waals surface area contributed by atoms with Gasteiger partial charge in [0.2, 0.25) is 0 Å². The zero-order valence-electron chi connectivity index (χ0n) is 9.82. The van der Waals surface area contributed by atoms with Gasteiger partial charge in [-0.25, -0.2) is 4.98 Å². The molecule has 0 spiro atoms. The molecule has 0 aliphatic carbocycles. The SMILES string of the molecule is Cc1cccc(-c2nc(C(C)N)sc2C)c1. The van der Waals surface area contributed by atoms with Crippen LogP contribution >= 0.6 is 11.3 Å². The first-order valence-corrected chi connectivity index (χ1v) is 6.19. The van der Waals surface area contributed by atoms with E-state index < -0.39 is 0 Å². The molecule has 2 rings (SSSR count). The van der Waals surface area contributed by atoms with Crippen molar-refractivity contribution < 1.29 is 0 Å². The van der Waals surface area contributed by atoms with Gasteiger partial charge in [0.15, 0.2) is 0 Å². The molecule has 1 aromatic carbocycles. The molecule has 1 atom stereocenters. The highest BCUT2D eigenvalue weighted by Gasteiger charge is 2.11. The van der Waals surface area contributed by atoms with E-state index in [-0.39, 0.29) is 6.04 Å². The van der Waals surface area contributed by atoms with E-state index in [1.807, 2.05) is 6.92 Å². The van der Waals surface area contributed by atoms with Crippen LogP contribution in [0.4, 0.5) is 0 Å². The lowest BCUT2D eigenvalue weighted by molar-refractivity contribution is 0.808. The average Bonchev–Trinajstić information content (AvgIpc) is 2.60. The van der Waals surface area contributed by atoms with Gasteiger partial charge in [0.1, 0.15) is 5.01 Å². The van der Waals surface area contributed by atoms with Crippen molar-refractivity contribution in [3.63, 3.8) is 0 Å². The molecule has 0 saturated heterocycles. The Morgan fingerprint density at radius 3 is 2.62 bits per heavy atom. The zero-order chi connectivity index (χ0) is 11.7. The van der Waals surface area contributed by atoms with E-state index in [0.29, 0.717) is 0 Å². The molecule has 0 saturated carbocycles. The topological polar surface area (TPSA) is 38.9 Å². The number of nitrogens with zero attached hydrogens (tertiary/aromatic N) is 1. The monoisotopic (exact) mass is 232 g/mol. The summed E-state index contributed by atoms with van der Waals surface area (Å²) in [6.45, 7) is 6.16. The maximum Gasteiger partial charge on any atom is 0.110 e. The molecule has 1 unspecified atom stereocenters. The lowest BCUT2D eigenvalue weighted by atomic mass is 10.1. The Labute approximate surface area is 100 Å². The molecule has 2 nitrogen and oxygen atoms in total. The van der Waals surface area contributed by atoms with Crippen molar-refractivity contribution in [2.75, 3.05) is 0 Å². The number of rotatable bonds is 2. The Kier molecular flexibility index (Phi) is 3.08. The minimum absolute atomic E-state index is 0.0160. The molecule has 0 bridgehead atoms. The lowest BCUT2D eigenvalue weighted by Crippen LogP contribution is -2.03. The zero-order valence-corrected chi connectivity index (χ0v) is 10.6. The second-order valence-corrected chi connectivity index (χ2v) is 5.35. The molecule has 16 heavy (non-hydrogen) atoms. The number of hydrogen-bond acceptors (Lipinski definition) is 3. The van der Waals surface area contributed by atoms with Gasteiger partial charge < -0.3 is 5.73 Å². The molecular formula is C13H16N2S. The molecule has 2 aromatic rings. The van der Waals surface area contributed by atoms with Crippen molar-refractivity contribution in [1.29, 1.82) is 0 Å². The summed E-state index contributed by atoms with van der Waals surface area (Å²) < 4.78 is 0. The van der Waals surface area contributed by atoms with Crippen molar-refractivity contribution in [2.24, 2.45) is 5.73 Å². The number of hydrogen-bond donors (Lipinski definition) is 1. The van der Waals surface area contributed by atoms with E-state index in [1.165, 1.54) is 16.0 Å². The molecule has 0 aliphatic heterocycles. The number of benzene rings is 1. The van der Waals surface area contributed by atoms with Crippen molar-refractivity contribution in [1.82, 2.24) is 4.98 Å². The maximum atomic E-state index is 5.85. The number of nitrogens with two attached hydrogens (primary N) is 1. The van der Waals surface area contributed by atoms with Gasteiger partial charge in [-0.2, -0.15) is 0 Å². The molecule has 0 aliphatic rings. The fourth-order valence-electron chi connectivity index (χ4n) is 1.67. The van der Waals surface area contributed by atoms with E-state index in [1.54, 1.807) is 11.3 Å². The van der Waals surface area contributed by atoms with Gasteiger partial charge in [-0.15, -0.1) is 11.3 Å². The molecule has 0 amide bonds. The summed E-state index contributed by atoms with van der Waals surface area (Å²) in [7, 11) is 0. The summed E-state index contributed by atoms with van der Waals surface area (Å²) in [5.74, 6) is 0. The Bertz CT molecular complexity index is 500. The third-order valence-electron chi connectivity index (χ3n) is 2.49. The second kappa shape index (κ2) is 4.36. The highest BCUT2D eigenvalue weighted by atomic mass is 32.1. The van der Waals surface area contributed by atoms with Crippen LogP contribution in [0.1, 0.15) is 28.4 Å². The number of aryl methyl sites for hydroxylation is 2. The minimum atomic E-state index is 0.0160. The van der Waals surface area contributed by atoms with E-state index in [2.05, 4.69) is 43.1 Å². The van der Waals surface area contributed by atoms with Crippen LogP contribution in [-0.4, -0.2) is 4.98 Å². The van der Waals surface area contributed by atoms with Crippen molar-refractivity contribution in [3.8, 4) is 11.3 Å². The Balaban J connectivity index is 2.48. The minimum Gasteiger partial charge on any atom is -0.322 e. The third kappa shape index (κ3) is 2.15. The summed E-state index contributed by atoms with van der Waals surface area (Å²) in [5, 5.41) is 1.01.